The molecule has 0 heterocycles. The van der Waals surface area contributed by atoms with Crippen LogP contribution in [0.5, 0.6) is 0 Å². The monoisotopic (exact) mass is 443 g/mol. The summed E-state index contributed by atoms with van der Waals surface area (Å²) in [7, 11) is 0. The molecule has 0 bridgehead atoms. The highest BCUT2D eigenvalue weighted by molar-refractivity contribution is 9.11. The standard InChI is InChI=1S/C6H3Br2Cl.C6H5ClO2S/c7-4-1-5(8)3-6(9)2-4;7-5-2-1-3-6(4-5)10(8)9/h1-3H;1-4H,(H,8,9)/p-1. The van der Waals surface area contributed by atoms with Gasteiger partial charge in [-0.3, -0.25) is 4.21 Å². The van der Waals surface area contributed by atoms with Crippen molar-refractivity contribution in [2.45, 2.75) is 4.90 Å². The van der Waals surface area contributed by atoms with Gasteiger partial charge in [0.15, 0.2) is 0 Å². The van der Waals surface area contributed by atoms with Crippen LogP contribution in [0.4, 0.5) is 0 Å². The zero-order valence-electron chi connectivity index (χ0n) is 9.28. The van der Waals surface area contributed by atoms with Crippen LogP contribution < -0.4 is 0 Å². The van der Waals surface area contributed by atoms with Crippen molar-refractivity contribution in [3.8, 4) is 0 Å². The second kappa shape index (κ2) is 8.39. The Morgan fingerprint density at radius 3 is 1.89 bits per heavy atom. The Balaban J connectivity index is 0.000000191. The molecule has 0 fully saturated rings. The average molecular weight is 446 g/mol. The van der Waals surface area contributed by atoms with Gasteiger partial charge in [0.1, 0.15) is 0 Å². The Kier molecular flexibility index (Phi) is 7.57. The smallest absolute Gasteiger partial charge is 0.0428 e. The minimum atomic E-state index is -2.17. The summed E-state index contributed by atoms with van der Waals surface area (Å²) < 4.78 is 22.6. The van der Waals surface area contributed by atoms with Gasteiger partial charge in [-0.1, -0.05) is 61.1 Å². The van der Waals surface area contributed by atoms with Crippen molar-refractivity contribution in [3.63, 3.8) is 0 Å². The van der Waals surface area contributed by atoms with Gasteiger partial charge in [-0.25, -0.2) is 0 Å². The lowest BCUT2D eigenvalue weighted by Crippen LogP contribution is -1.86. The van der Waals surface area contributed by atoms with Crippen LogP contribution in [-0.4, -0.2) is 8.76 Å². The third-order valence-electron chi connectivity index (χ3n) is 1.82. The fourth-order valence-electron chi connectivity index (χ4n) is 1.09. The van der Waals surface area contributed by atoms with Crippen molar-refractivity contribution >= 4 is 66.1 Å². The molecular weight excluding hydrogens is 439 g/mol. The first-order valence-electron chi connectivity index (χ1n) is 4.85. The van der Waals surface area contributed by atoms with Crippen molar-refractivity contribution in [2.24, 2.45) is 0 Å². The van der Waals surface area contributed by atoms with Gasteiger partial charge in [0, 0.05) is 23.9 Å². The maximum Gasteiger partial charge on any atom is 0.0428 e. The Morgan fingerprint density at radius 1 is 0.947 bits per heavy atom. The minimum absolute atomic E-state index is 0.215. The second-order valence-corrected chi connectivity index (χ2v) is 6.92. The highest BCUT2D eigenvalue weighted by atomic mass is 79.9. The summed E-state index contributed by atoms with van der Waals surface area (Å²) in [4.78, 5) is 0.215. The topological polar surface area (TPSA) is 40.1 Å². The van der Waals surface area contributed by atoms with E-state index < -0.39 is 11.1 Å². The van der Waals surface area contributed by atoms with E-state index in [1.807, 2.05) is 18.2 Å². The molecule has 2 rings (SSSR count). The maximum atomic E-state index is 10.3. The Labute approximate surface area is 140 Å². The van der Waals surface area contributed by atoms with Crippen molar-refractivity contribution in [3.05, 3.63) is 61.5 Å². The predicted molar refractivity (Wildman–Crippen MR) is 85.5 cm³/mol. The molecule has 0 aliphatic rings. The Morgan fingerprint density at radius 2 is 1.53 bits per heavy atom. The molecule has 0 aromatic heterocycles. The molecule has 2 aromatic rings. The van der Waals surface area contributed by atoms with Gasteiger partial charge in [-0.2, -0.15) is 0 Å². The maximum absolute atomic E-state index is 10.3. The number of halogens is 4. The van der Waals surface area contributed by atoms with Gasteiger partial charge in [0.2, 0.25) is 0 Å². The molecule has 0 amide bonds. The molecule has 1 unspecified atom stereocenters. The van der Waals surface area contributed by atoms with E-state index in [0.29, 0.717) is 5.02 Å². The van der Waals surface area contributed by atoms with E-state index in [4.69, 9.17) is 23.2 Å². The summed E-state index contributed by atoms with van der Waals surface area (Å²) in [6.45, 7) is 0. The summed E-state index contributed by atoms with van der Waals surface area (Å²) in [5, 5.41) is 1.16. The van der Waals surface area contributed by atoms with E-state index in [0.717, 1.165) is 14.0 Å². The van der Waals surface area contributed by atoms with E-state index in [-0.39, 0.29) is 4.90 Å². The number of benzene rings is 2. The average Bonchev–Trinajstić information content (AvgIpc) is 2.27. The van der Waals surface area contributed by atoms with Crippen molar-refractivity contribution in [1.82, 2.24) is 0 Å². The molecule has 2 nitrogen and oxygen atoms in total. The highest BCUT2D eigenvalue weighted by Gasteiger charge is 1.92. The van der Waals surface area contributed by atoms with E-state index in [1.54, 1.807) is 12.1 Å². The SMILES string of the molecule is Clc1cc(Br)cc(Br)c1.O=S([O-])c1cccc(Cl)c1. The summed E-state index contributed by atoms with van der Waals surface area (Å²) in [5.74, 6) is 0. The number of hydrogen-bond acceptors (Lipinski definition) is 2. The van der Waals surface area contributed by atoms with Gasteiger partial charge < -0.3 is 4.55 Å². The first-order valence-corrected chi connectivity index (χ1v) is 8.26. The van der Waals surface area contributed by atoms with Crippen LogP contribution in [-0.2, 0) is 11.1 Å². The fraction of sp³-hybridized carbons (Fsp3) is 0. The molecule has 0 spiro atoms. The summed E-state index contributed by atoms with van der Waals surface area (Å²) >= 11 is 15.6. The predicted octanol–water partition coefficient (Wildman–Crippen LogP) is 5.44. The molecule has 0 saturated heterocycles. The third-order valence-corrected chi connectivity index (χ3v) is 3.82. The van der Waals surface area contributed by atoms with Crippen molar-refractivity contribution < 1.29 is 8.76 Å². The van der Waals surface area contributed by atoms with Crippen LogP contribution in [0.25, 0.3) is 0 Å². The molecule has 0 aliphatic carbocycles. The molecule has 0 aliphatic heterocycles. The van der Waals surface area contributed by atoms with E-state index in [1.165, 1.54) is 12.1 Å². The normalized spacial score (nSPS) is 11.4. The number of rotatable bonds is 1. The third kappa shape index (κ3) is 6.88. The van der Waals surface area contributed by atoms with Crippen LogP contribution in [0, 0.1) is 0 Å². The van der Waals surface area contributed by atoms with Crippen LogP contribution in [0.1, 0.15) is 0 Å². The molecule has 19 heavy (non-hydrogen) atoms. The first-order chi connectivity index (χ1) is 8.88. The van der Waals surface area contributed by atoms with Gasteiger partial charge in [0.25, 0.3) is 0 Å². The zero-order chi connectivity index (χ0) is 14.4. The summed E-state index contributed by atoms with van der Waals surface area (Å²) in [6.07, 6.45) is 0. The van der Waals surface area contributed by atoms with Crippen LogP contribution in [0.3, 0.4) is 0 Å². The molecule has 0 radical (unpaired) electrons. The lowest BCUT2D eigenvalue weighted by Gasteiger charge is -2.03. The first kappa shape index (κ1) is 17.1. The Bertz CT molecular complexity index is 543. The molecule has 1 atom stereocenters. The van der Waals surface area contributed by atoms with Gasteiger partial charge in [-0.15, -0.1) is 0 Å². The van der Waals surface area contributed by atoms with Crippen molar-refractivity contribution in [1.29, 1.82) is 0 Å². The highest BCUT2D eigenvalue weighted by Crippen LogP contribution is 2.22. The van der Waals surface area contributed by atoms with Gasteiger partial charge in [-0.05, 0) is 47.5 Å². The summed E-state index contributed by atoms with van der Waals surface area (Å²) in [6, 6.07) is 11.7. The molecule has 0 saturated carbocycles. The molecule has 2 aromatic carbocycles. The largest absolute Gasteiger partial charge is 0.768 e. The quantitative estimate of drug-likeness (QED) is 0.548. The van der Waals surface area contributed by atoms with Gasteiger partial charge >= 0.3 is 0 Å². The molecule has 0 N–H and O–H groups in total. The van der Waals surface area contributed by atoms with Crippen LogP contribution >= 0.6 is 55.1 Å². The van der Waals surface area contributed by atoms with E-state index in [9.17, 15) is 8.76 Å². The summed E-state index contributed by atoms with van der Waals surface area (Å²) in [5.41, 5.74) is 0. The van der Waals surface area contributed by atoms with Crippen LogP contribution in [0.15, 0.2) is 56.3 Å². The lowest BCUT2D eigenvalue weighted by molar-refractivity contribution is 0.537. The fourth-order valence-corrected chi connectivity index (χ4v) is 3.55. The van der Waals surface area contributed by atoms with Crippen LogP contribution in [0.2, 0.25) is 10.0 Å². The lowest BCUT2D eigenvalue weighted by atomic mass is 10.4. The van der Waals surface area contributed by atoms with E-state index in [2.05, 4.69) is 31.9 Å². The van der Waals surface area contributed by atoms with Crippen molar-refractivity contribution in [2.75, 3.05) is 0 Å². The zero-order valence-corrected chi connectivity index (χ0v) is 14.8. The number of hydrogen-bond donors (Lipinski definition) is 0. The Hall–Kier alpha value is 0.0900. The molecular formula is C12H7Br2Cl2O2S-. The van der Waals surface area contributed by atoms with Gasteiger partial charge in [0.05, 0.1) is 0 Å². The molecule has 7 heteroatoms. The minimum Gasteiger partial charge on any atom is -0.768 e. The molecule has 102 valence electrons. The second-order valence-electron chi connectivity index (χ2n) is 3.28. The van der Waals surface area contributed by atoms with E-state index >= 15 is 0 Å².